The van der Waals surface area contributed by atoms with E-state index in [4.69, 9.17) is 10.00 Å². The lowest BCUT2D eigenvalue weighted by atomic mass is 10.1. The zero-order chi connectivity index (χ0) is 21.6. The van der Waals surface area contributed by atoms with E-state index < -0.39 is 0 Å². The molecule has 0 bridgehead atoms. The first-order valence-corrected chi connectivity index (χ1v) is 9.77. The van der Waals surface area contributed by atoms with Crippen molar-refractivity contribution in [1.29, 1.82) is 5.26 Å². The van der Waals surface area contributed by atoms with Gasteiger partial charge >= 0.3 is 0 Å². The number of carbonyl (C=O) groups excluding carboxylic acids is 1. The lowest BCUT2D eigenvalue weighted by Crippen LogP contribution is -2.13. The van der Waals surface area contributed by atoms with Crippen molar-refractivity contribution in [1.82, 2.24) is 9.78 Å². The SMILES string of the molecule is Cc1c(C(=O)Nc2cccc(OCc3cccc(C#N)c3)c2)cnn1-c1ccccc1. The molecule has 4 rings (SSSR count). The molecule has 4 aromatic rings. The van der Waals surface area contributed by atoms with Crippen molar-refractivity contribution in [3.05, 3.63) is 107 Å². The maximum Gasteiger partial charge on any atom is 0.259 e. The first-order chi connectivity index (χ1) is 15.1. The average molecular weight is 408 g/mol. The summed E-state index contributed by atoms with van der Waals surface area (Å²) in [6, 6.07) is 26.3. The van der Waals surface area contributed by atoms with Crippen LogP contribution in [0.4, 0.5) is 5.69 Å². The van der Waals surface area contributed by atoms with Gasteiger partial charge in [-0.2, -0.15) is 10.4 Å². The number of nitrogens with one attached hydrogen (secondary N) is 1. The van der Waals surface area contributed by atoms with E-state index in [0.717, 1.165) is 16.9 Å². The number of carbonyl (C=O) groups is 1. The number of anilines is 1. The second-order valence-electron chi connectivity index (χ2n) is 6.97. The molecular formula is C25H20N4O2. The number of hydrogen-bond acceptors (Lipinski definition) is 4. The Labute approximate surface area is 180 Å². The lowest BCUT2D eigenvalue weighted by molar-refractivity contribution is 0.102. The van der Waals surface area contributed by atoms with Crippen molar-refractivity contribution in [2.45, 2.75) is 13.5 Å². The molecule has 31 heavy (non-hydrogen) atoms. The van der Waals surface area contributed by atoms with Crippen LogP contribution in [-0.2, 0) is 6.61 Å². The van der Waals surface area contributed by atoms with Crippen LogP contribution in [0, 0.1) is 18.3 Å². The standard InChI is InChI=1S/C25H20N4O2/c1-18-24(16-27-29(18)22-10-3-2-4-11-22)25(30)28-21-9-6-12-23(14-21)31-17-20-8-5-7-19(13-20)15-26/h2-14,16H,17H2,1H3,(H,28,30). The predicted octanol–water partition coefficient (Wildman–Crippen LogP) is 4.88. The molecule has 0 atom stereocenters. The molecule has 1 aromatic heterocycles. The van der Waals surface area contributed by atoms with Crippen LogP contribution < -0.4 is 10.1 Å². The number of aromatic nitrogens is 2. The molecule has 0 aliphatic heterocycles. The van der Waals surface area contributed by atoms with Gasteiger partial charge in [-0.15, -0.1) is 0 Å². The van der Waals surface area contributed by atoms with Gasteiger partial charge in [0, 0.05) is 11.8 Å². The molecule has 1 N–H and O–H groups in total. The van der Waals surface area contributed by atoms with Crippen LogP contribution in [0.15, 0.2) is 85.1 Å². The Kier molecular flexibility index (Phi) is 5.77. The molecule has 6 nitrogen and oxygen atoms in total. The van der Waals surface area contributed by atoms with Gasteiger partial charge in [0.05, 0.1) is 34.8 Å². The van der Waals surface area contributed by atoms with Crippen LogP contribution in [0.25, 0.3) is 5.69 Å². The zero-order valence-corrected chi connectivity index (χ0v) is 16.9. The van der Waals surface area contributed by atoms with Crippen LogP contribution in [0.3, 0.4) is 0 Å². The smallest absolute Gasteiger partial charge is 0.259 e. The summed E-state index contributed by atoms with van der Waals surface area (Å²) in [7, 11) is 0. The monoisotopic (exact) mass is 408 g/mol. The minimum atomic E-state index is -0.237. The maximum atomic E-state index is 12.8. The summed E-state index contributed by atoms with van der Waals surface area (Å²) in [5, 5.41) is 16.3. The number of nitrogens with zero attached hydrogens (tertiary/aromatic N) is 3. The van der Waals surface area contributed by atoms with E-state index in [2.05, 4.69) is 16.5 Å². The van der Waals surface area contributed by atoms with E-state index in [1.165, 1.54) is 0 Å². The van der Waals surface area contributed by atoms with Crippen LogP contribution in [-0.4, -0.2) is 15.7 Å². The van der Waals surface area contributed by atoms with Crippen LogP contribution >= 0.6 is 0 Å². The van der Waals surface area contributed by atoms with Crippen LogP contribution in [0.5, 0.6) is 5.75 Å². The first kappa shape index (κ1) is 19.9. The Morgan fingerprint density at radius 3 is 2.68 bits per heavy atom. The van der Waals surface area contributed by atoms with E-state index in [9.17, 15) is 4.79 Å². The van der Waals surface area contributed by atoms with Gasteiger partial charge in [-0.25, -0.2) is 4.68 Å². The number of benzene rings is 3. The van der Waals surface area contributed by atoms with Crippen LogP contribution in [0.1, 0.15) is 27.2 Å². The van der Waals surface area contributed by atoms with Gasteiger partial charge in [0.2, 0.25) is 0 Å². The third kappa shape index (κ3) is 4.62. The minimum Gasteiger partial charge on any atom is -0.489 e. The molecule has 0 aliphatic carbocycles. The molecule has 0 spiro atoms. The largest absolute Gasteiger partial charge is 0.489 e. The molecule has 0 radical (unpaired) electrons. The Morgan fingerprint density at radius 1 is 1.06 bits per heavy atom. The van der Waals surface area contributed by atoms with E-state index in [-0.39, 0.29) is 5.91 Å². The number of ether oxygens (including phenoxy) is 1. The highest BCUT2D eigenvalue weighted by atomic mass is 16.5. The van der Waals surface area contributed by atoms with Crippen molar-refractivity contribution in [2.75, 3.05) is 5.32 Å². The van der Waals surface area contributed by atoms with E-state index in [1.807, 2.05) is 61.5 Å². The molecule has 1 amide bonds. The highest BCUT2D eigenvalue weighted by molar-refractivity contribution is 6.05. The van der Waals surface area contributed by atoms with E-state index >= 15 is 0 Å². The van der Waals surface area contributed by atoms with E-state index in [0.29, 0.717) is 29.2 Å². The quantitative estimate of drug-likeness (QED) is 0.493. The maximum absolute atomic E-state index is 12.8. The summed E-state index contributed by atoms with van der Waals surface area (Å²) in [6.45, 7) is 2.19. The number of nitriles is 1. The number of hydrogen-bond donors (Lipinski definition) is 1. The Hall–Kier alpha value is -4.37. The summed E-state index contributed by atoms with van der Waals surface area (Å²) in [5.74, 6) is 0.385. The molecule has 152 valence electrons. The minimum absolute atomic E-state index is 0.237. The van der Waals surface area contributed by atoms with Gasteiger partial charge in [0.1, 0.15) is 12.4 Å². The zero-order valence-electron chi connectivity index (χ0n) is 16.9. The number of rotatable bonds is 6. The van der Waals surface area contributed by atoms with Crippen LogP contribution in [0.2, 0.25) is 0 Å². The molecular weight excluding hydrogens is 388 g/mol. The molecule has 0 saturated heterocycles. The molecule has 0 unspecified atom stereocenters. The second-order valence-corrected chi connectivity index (χ2v) is 6.97. The fourth-order valence-electron chi connectivity index (χ4n) is 3.22. The van der Waals surface area contributed by atoms with Gasteiger partial charge in [0.15, 0.2) is 0 Å². The number of amides is 1. The molecule has 0 saturated carbocycles. The Bertz CT molecular complexity index is 1260. The Morgan fingerprint density at radius 2 is 1.87 bits per heavy atom. The second kappa shape index (κ2) is 8.97. The Balaban J connectivity index is 1.45. The summed E-state index contributed by atoms with van der Waals surface area (Å²) in [5.41, 5.74) is 4.28. The molecule has 3 aromatic carbocycles. The van der Waals surface area contributed by atoms with Crippen molar-refractivity contribution in [2.24, 2.45) is 0 Å². The van der Waals surface area contributed by atoms with Crippen molar-refractivity contribution < 1.29 is 9.53 Å². The summed E-state index contributed by atoms with van der Waals surface area (Å²) in [4.78, 5) is 12.8. The van der Waals surface area contributed by atoms with Gasteiger partial charge in [0.25, 0.3) is 5.91 Å². The molecule has 1 heterocycles. The van der Waals surface area contributed by atoms with Crippen molar-refractivity contribution >= 4 is 11.6 Å². The van der Waals surface area contributed by atoms with Gasteiger partial charge in [-0.1, -0.05) is 36.4 Å². The summed E-state index contributed by atoms with van der Waals surface area (Å²) in [6.07, 6.45) is 1.57. The fourth-order valence-corrected chi connectivity index (χ4v) is 3.22. The van der Waals surface area contributed by atoms with Gasteiger partial charge in [-0.3, -0.25) is 4.79 Å². The fraction of sp³-hybridized carbons (Fsp3) is 0.0800. The average Bonchev–Trinajstić information content (AvgIpc) is 3.20. The van der Waals surface area contributed by atoms with Crippen molar-refractivity contribution in [3.63, 3.8) is 0 Å². The van der Waals surface area contributed by atoms with Gasteiger partial charge < -0.3 is 10.1 Å². The van der Waals surface area contributed by atoms with Crippen molar-refractivity contribution in [3.8, 4) is 17.5 Å². The summed E-state index contributed by atoms with van der Waals surface area (Å²) >= 11 is 0. The number of para-hydroxylation sites is 1. The normalized spacial score (nSPS) is 10.3. The molecule has 0 fully saturated rings. The topological polar surface area (TPSA) is 79.9 Å². The highest BCUT2D eigenvalue weighted by Crippen LogP contribution is 2.21. The third-order valence-corrected chi connectivity index (χ3v) is 4.81. The van der Waals surface area contributed by atoms with Gasteiger partial charge in [-0.05, 0) is 48.9 Å². The summed E-state index contributed by atoms with van der Waals surface area (Å²) < 4.78 is 7.57. The third-order valence-electron chi connectivity index (χ3n) is 4.81. The van der Waals surface area contributed by atoms with E-state index in [1.54, 1.807) is 35.1 Å². The first-order valence-electron chi connectivity index (χ1n) is 9.77. The molecule has 0 aliphatic rings. The predicted molar refractivity (Wildman–Crippen MR) is 118 cm³/mol. The highest BCUT2D eigenvalue weighted by Gasteiger charge is 2.15. The molecule has 6 heteroatoms. The lowest BCUT2D eigenvalue weighted by Gasteiger charge is -2.10.